The largest absolute Gasteiger partial charge is 0.243 e. The van der Waals surface area contributed by atoms with Crippen molar-refractivity contribution in [2.45, 2.75) is 38.5 Å². The Bertz CT molecular complexity index is 586. The summed E-state index contributed by atoms with van der Waals surface area (Å²) in [5.74, 6) is 0. The van der Waals surface area contributed by atoms with E-state index in [-0.39, 0.29) is 5.41 Å². The standard InChI is InChI=1S/C15H21NO2S/c1-12-4-6-13(7-5-12)19(17,18)16-10-15(11-16)8-14(2,3)9-15/h4-7H,8-11H2,1-3H3. The van der Waals surface area contributed by atoms with Gasteiger partial charge in [-0.25, -0.2) is 8.42 Å². The van der Waals surface area contributed by atoms with Crippen LogP contribution in [0.3, 0.4) is 0 Å². The van der Waals surface area contributed by atoms with Crippen molar-refractivity contribution in [1.29, 1.82) is 0 Å². The third-order valence-electron chi connectivity index (χ3n) is 4.39. The first-order valence-electron chi connectivity index (χ1n) is 6.80. The van der Waals surface area contributed by atoms with E-state index < -0.39 is 10.0 Å². The number of aryl methyl sites for hydroxylation is 1. The van der Waals surface area contributed by atoms with Crippen molar-refractivity contribution in [2.24, 2.45) is 10.8 Å². The number of rotatable bonds is 2. The highest BCUT2D eigenvalue weighted by molar-refractivity contribution is 7.89. The topological polar surface area (TPSA) is 37.4 Å². The molecule has 0 atom stereocenters. The Balaban J connectivity index is 1.73. The summed E-state index contributed by atoms with van der Waals surface area (Å²) in [6, 6.07) is 7.13. The highest BCUT2D eigenvalue weighted by Gasteiger charge is 2.58. The Kier molecular flexibility index (Phi) is 2.64. The zero-order chi connectivity index (χ0) is 13.9. The molecule has 3 nitrogen and oxygen atoms in total. The van der Waals surface area contributed by atoms with Crippen LogP contribution >= 0.6 is 0 Å². The number of hydrogen-bond acceptors (Lipinski definition) is 2. The van der Waals surface area contributed by atoms with Crippen LogP contribution in [0.25, 0.3) is 0 Å². The quantitative estimate of drug-likeness (QED) is 0.835. The molecule has 1 aromatic carbocycles. The van der Waals surface area contributed by atoms with E-state index in [9.17, 15) is 8.42 Å². The fourth-order valence-electron chi connectivity index (χ4n) is 3.93. The number of nitrogens with zero attached hydrogens (tertiary/aromatic N) is 1. The second-order valence-electron chi connectivity index (χ2n) is 7.10. The normalized spacial score (nSPS) is 24.8. The summed E-state index contributed by atoms with van der Waals surface area (Å²) in [6.45, 7) is 7.88. The lowest BCUT2D eigenvalue weighted by atomic mass is 9.52. The minimum atomic E-state index is -3.27. The minimum absolute atomic E-state index is 0.279. The molecule has 0 aromatic heterocycles. The van der Waals surface area contributed by atoms with Crippen LogP contribution in [0.2, 0.25) is 0 Å². The van der Waals surface area contributed by atoms with Crippen LogP contribution in [0, 0.1) is 17.8 Å². The van der Waals surface area contributed by atoms with Gasteiger partial charge < -0.3 is 0 Å². The van der Waals surface area contributed by atoms with Gasteiger partial charge >= 0.3 is 0 Å². The summed E-state index contributed by atoms with van der Waals surface area (Å²) in [4.78, 5) is 0.423. The van der Waals surface area contributed by atoms with Crippen LogP contribution < -0.4 is 0 Å². The van der Waals surface area contributed by atoms with Gasteiger partial charge in [0.25, 0.3) is 0 Å². The molecule has 3 rings (SSSR count). The molecule has 104 valence electrons. The van der Waals surface area contributed by atoms with E-state index in [1.807, 2.05) is 19.1 Å². The van der Waals surface area contributed by atoms with E-state index in [0.29, 0.717) is 23.4 Å². The minimum Gasteiger partial charge on any atom is -0.207 e. The Morgan fingerprint density at radius 3 is 2.05 bits per heavy atom. The molecule has 1 aliphatic heterocycles. The summed E-state index contributed by atoms with van der Waals surface area (Å²) >= 11 is 0. The van der Waals surface area contributed by atoms with Gasteiger partial charge in [0.2, 0.25) is 10.0 Å². The van der Waals surface area contributed by atoms with Crippen molar-refractivity contribution in [3.05, 3.63) is 29.8 Å². The number of sulfonamides is 1. The van der Waals surface area contributed by atoms with Gasteiger partial charge in [0.05, 0.1) is 4.90 Å². The summed E-state index contributed by atoms with van der Waals surface area (Å²) in [5, 5.41) is 0. The van der Waals surface area contributed by atoms with Crippen molar-refractivity contribution in [1.82, 2.24) is 4.31 Å². The third kappa shape index (κ3) is 2.11. The average Bonchev–Trinajstić information content (AvgIpc) is 2.22. The molecule has 1 heterocycles. The fraction of sp³-hybridized carbons (Fsp3) is 0.600. The fourth-order valence-corrected chi connectivity index (χ4v) is 5.60. The SMILES string of the molecule is Cc1ccc(S(=O)(=O)N2CC3(C2)CC(C)(C)C3)cc1. The molecule has 0 amide bonds. The maximum Gasteiger partial charge on any atom is 0.243 e. The van der Waals surface area contributed by atoms with Gasteiger partial charge in [0.15, 0.2) is 0 Å². The van der Waals surface area contributed by atoms with Crippen LogP contribution in [-0.2, 0) is 10.0 Å². The zero-order valence-electron chi connectivity index (χ0n) is 11.8. The third-order valence-corrected chi connectivity index (χ3v) is 6.20. The van der Waals surface area contributed by atoms with E-state index in [0.717, 1.165) is 18.4 Å². The first kappa shape index (κ1) is 13.1. The maximum absolute atomic E-state index is 12.4. The van der Waals surface area contributed by atoms with Crippen molar-refractivity contribution < 1.29 is 8.42 Å². The molecule has 1 saturated carbocycles. The lowest BCUT2D eigenvalue weighted by Crippen LogP contribution is -2.65. The van der Waals surface area contributed by atoms with Gasteiger partial charge in [-0.1, -0.05) is 31.5 Å². The molecular formula is C15H21NO2S. The second-order valence-corrected chi connectivity index (χ2v) is 9.04. The molecule has 1 aromatic rings. The smallest absolute Gasteiger partial charge is 0.207 e. The average molecular weight is 279 g/mol. The predicted molar refractivity (Wildman–Crippen MR) is 75.4 cm³/mol. The van der Waals surface area contributed by atoms with Gasteiger partial charge in [0.1, 0.15) is 0 Å². The molecule has 2 aliphatic rings. The van der Waals surface area contributed by atoms with E-state index in [4.69, 9.17) is 0 Å². The van der Waals surface area contributed by atoms with Gasteiger partial charge in [0, 0.05) is 13.1 Å². The molecule has 0 radical (unpaired) electrons. The molecule has 1 aliphatic carbocycles. The lowest BCUT2D eigenvalue weighted by Gasteiger charge is -2.62. The molecule has 0 bridgehead atoms. The lowest BCUT2D eigenvalue weighted by molar-refractivity contribution is -0.0954. The monoisotopic (exact) mass is 279 g/mol. The molecule has 0 N–H and O–H groups in total. The van der Waals surface area contributed by atoms with E-state index >= 15 is 0 Å². The molecular weight excluding hydrogens is 258 g/mol. The van der Waals surface area contributed by atoms with Crippen LogP contribution in [0.1, 0.15) is 32.3 Å². The highest BCUT2D eigenvalue weighted by atomic mass is 32.2. The second kappa shape index (κ2) is 3.83. The Hall–Kier alpha value is -0.870. The molecule has 0 unspecified atom stereocenters. The molecule has 19 heavy (non-hydrogen) atoms. The van der Waals surface area contributed by atoms with E-state index in [1.54, 1.807) is 16.4 Å². The first-order valence-corrected chi connectivity index (χ1v) is 8.24. The van der Waals surface area contributed by atoms with Crippen LogP contribution in [0.4, 0.5) is 0 Å². The van der Waals surface area contributed by atoms with Crippen LogP contribution in [-0.4, -0.2) is 25.8 Å². The van der Waals surface area contributed by atoms with Gasteiger partial charge in [-0.2, -0.15) is 4.31 Å². The summed E-state index contributed by atoms with van der Waals surface area (Å²) < 4.78 is 26.5. The summed E-state index contributed by atoms with van der Waals surface area (Å²) in [6.07, 6.45) is 2.31. The van der Waals surface area contributed by atoms with Crippen molar-refractivity contribution >= 4 is 10.0 Å². The van der Waals surface area contributed by atoms with Gasteiger partial charge in [-0.15, -0.1) is 0 Å². The predicted octanol–water partition coefficient (Wildman–Crippen LogP) is 2.81. The molecule has 1 spiro atoms. The highest BCUT2D eigenvalue weighted by Crippen LogP contribution is 2.59. The maximum atomic E-state index is 12.4. The zero-order valence-corrected chi connectivity index (χ0v) is 12.6. The summed E-state index contributed by atoms with van der Waals surface area (Å²) in [7, 11) is -3.27. The molecule has 4 heteroatoms. The van der Waals surface area contributed by atoms with Crippen molar-refractivity contribution in [3.63, 3.8) is 0 Å². The van der Waals surface area contributed by atoms with Gasteiger partial charge in [-0.3, -0.25) is 0 Å². The van der Waals surface area contributed by atoms with Crippen molar-refractivity contribution in [3.8, 4) is 0 Å². The summed E-state index contributed by atoms with van der Waals surface area (Å²) in [5.41, 5.74) is 1.76. The molecule has 1 saturated heterocycles. The number of hydrogen-bond donors (Lipinski definition) is 0. The Morgan fingerprint density at radius 2 is 1.58 bits per heavy atom. The van der Waals surface area contributed by atoms with Crippen LogP contribution in [0.15, 0.2) is 29.2 Å². The van der Waals surface area contributed by atoms with E-state index in [1.165, 1.54) is 0 Å². The van der Waals surface area contributed by atoms with Crippen LogP contribution in [0.5, 0.6) is 0 Å². The Labute approximate surface area is 115 Å². The van der Waals surface area contributed by atoms with Crippen molar-refractivity contribution in [2.75, 3.05) is 13.1 Å². The molecule has 2 fully saturated rings. The van der Waals surface area contributed by atoms with Gasteiger partial charge in [-0.05, 0) is 42.7 Å². The first-order chi connectivity index (χ1) is 8.73. The Morgan fingerprint density at radius 1 is 1.05 bits per heavy atom. The van der Waals surface area contributed by atoms with E-state index in [2.05, 4.69) is 13.8 Å². The number of benzene rings is 1.